The van der Waals surface area contributed by atoms with E-state index in [1.807, 2.05) is 19.2 Å². The van der Waals surface area contributed by atoms with Gasteiger partial charge in [0.25, 0.3) is 0 Å². The lowest BCUT2D eigenvalue weighted by atomic mass is 10.2. The number of hydrogen-bond acceptors (Lipinski definition) is 4. The van der Waals surface area contributed by atoms with Crippen LogP contribution in [0.15, 0.2) is 18.2 Å². The Balaban J connectivity index is 2.83. The molecule has 0 aliphatic rings. The Morgan fingerprint density at radius 1 is 1.45 bits per heavy atom. The summed E-state index contributed by atoms with van der Waals surface area (Å²) < 4.78 is 0. The van der Waals surface area contributed by atoms with E-state index in [1.54, 1.807) is 6.07 Å². The molecule has 0 aliphatic carbocycles. The summed E-state index contributed by atoms with van der Waals surface area (Å²) in [6.45, 7) is 6.77. The van der Waals surface area contributed by atoms with Crippen molar-refractivity contribution in [3.05, 3.63) is 28.8 Å². The van der Waals surface area contributed by atoms with Gasteiger partial charge in [0.15, 0.2) is 6.29 Å². The number of likely N-dealkylation sites (N-methyl/N-ethyl adjacent to an activating group) is 2. The number of carbonyl (C=O) groups excluding carboxylic acids is 1. The summed E-state index contributed by atoms with van der Waals surface area (Å²) in [6, 6.07) is 5.87. The summed E-state index contributed by atoms with van der Waals surface area (Å²) in [7, 11) is 4.03. The van der Waals surface area contributed by atoms with Crippen molar-refractivity contribution < 1.29 is 4.79 Å². The van der Waals surface area contributed by atoms with E-state index in [-0.39, 0.29) is 0 Å². The van der Waals surface area contributed by atoms with E-state index in [4.69, 9.17) is 11.6 Å². The summed E-state index contributed by atoms with van der Waals surface area (Å²) in [4.78, 5) is 15.6. The van der Waals surface area contributed by atoms with Crippen molar-refractivity contribution in [2.75, 3.05) is 38.8 Å². The average Bonchev–Trinajstić information content (AvgIpc) is 2.44. The highest BCUT2D eigenvalue weighted by Crippen LogP contribution is 2.23. The normalized spacial score (nSPS) is 12.5. The lowest BCUT2D eigenvalue weighted by Crippen LogP contribution is -2.42. The lowest BCUT2D eigenvalue weighted by molar-refractivity contribution is 0.112. The van der Waals surface area contributed by atoms with Gasteiger partial charge in [-0.1, -0.05) is 11.6 Å². The third-order valence-corrected chi connectivity index (χ3v) is 3.56. The molecule has 0 fully saturated rings. The Labute approximate surface area is 126 Å². The molecule has 5 heteroatoms. The van der Waals surface area contributed by atoms with Gasteiger partial charge in [0.05, 0.1) is 6.67 Å². The zero-order valence-corrected chi connectivity index (χ0v) is 13.4. The fourth-order valence-corrected chi connectivity index (χ4v) is 2.34. The Morgan fingerprint density at radius 2 is 2.15 bits per heavy atom. The molecule has 1 aromatic carbocycles. The van der Waals surface area contributed by atoms with Gasteiger partial charge in [-0.3, -0.25) is 9.69 Å². The van der Waals surface area contributed by atoms with Crippen molar-refractivity contribution in [2.45, 2.75) is 19.9 Å². The van der Waals surface area contributed by atoms with Gasteiger partial charge >= 0.3 is 0 Å². The number of rotatable bonds is 8. The lowest BCUT2D eigenvalue weighted by Gasteiger charge is -2.31. The SMILES string of the molecule is CCN(CN(C)CC(C)NC)c1ccc(Cl)cc1C=O. The number of hydrogen-bond donors (Lipinski definition) is 1. The topological polar surface area (TPSA) is 35.6 Å². The molecule has 112 valence electrons. The standard InChI is InChI=1S/C15H24ClN3O/c1-5-19(11-18(4)9-12(2)17-3)15-7-6-14(16)8-13(15)10-20/h6-8,10,12,17H,5,9,11H2,1-4H3. The van der Waals surface area contributed by atoms with Crippen molar-refractivity contribution in [3.63, 3.8) is 0 Å². The number of benzene rings is 1. The zero-order valence-electron chi connectivity index (χ0n) is 12.7. The van der Waals surface area contributed by atoms with Gasteiger partial charge in [0.1, 0.15) is 0 Å². The second-order valence-electron chi connectivity index (χ2n) is 5.05. The highest BCUT2D eigenvalue weighted by Gasteiger charge is 2.13. The van der Waals surface area contributed by atoms with E-state index in [0.717, 1.165) is 31.7 Å². The number of nitrogens with zero attached hydrogens (tertiary/aromatic N) is 2. The molecule has 1 aromatic rings. The Bertz CT molecular complexity index is 439. The maximum atomic E-state index is 11.2. The van der Waals surface area contributed by atoms with Crippen molar-refractivity contribution in [3.8, 4) is 0 Å². The summed E-state index contributed by atoms with van der Waals surface area (Å²) in [5.74, 6) is 0. The van der Waals surface area contributed by atoms with Crippen LogP contribution < -0.4 is 10.2 Å². The molecule has 1 unspecified atom stereocenters. The molecule has 1 rings (SSSR count). The van der Waals surface area contributed by atoms with Crippen LogP contribution in [0.1, 0.15) is 24.2 Å². The molecule has 0 radical (unpaired) electrons. The van der Waals surface area contributed by atoms with E-state index in [1.165, 1.54) is 0 Å². The maximum Gasteiger partial charge on any atom is 0.152 e. The first-order valence-electron chi connectivity index (χ1n) is 6.87. The molecular weight excluding hydrogens is 274 g/mol. The predicted octanol–water partition coefficient (Wildman–Crippen LogP) is 2.48. The van der Waals surface area contributed by atoms with Crippen LogP contribution in [0.25, 0.3) is 0 Å². The first-order valence-corrected chi connectivity index (χ1v) is 7.25. The molecule has 1 atom stereocenters. The molecule has 0 saturated heterocycles. The van der Waals surface area contributed by atoms with Gasteiger partial charge in [-0.05, 0) is 46.1 Å². The van der Waals surface area contributed by atoms with Gasteiger partial charge in [0, 0.05) is 35.4 Å². The number of aldehydes is 1. The Kier molecular flexibility index (Phi) is 6.99. The molecule has 0 saturated carbocycles. The fourth-order valence-electron chi connectivity index (χ4n) is 2.16. The van der Waals surface area contributed by atoms with Crippen molar-refractivity contribution in [1.29, 1.82) is 0 Å². The van der Waals surface area contributed by atoms with Crippen LogP contribution in [-0.4, -0.2) is 51.1 Å². The Morgan fingerprint density at radius 3 is 2.70 bits per heavy atom. The van der Waals surface area contributed by atoms with Crippen LogP contribution in [0.3, 0.4) is 0 Å². The number of anilines is 1. The van der Waals surface area contributed by atoms with Crippen LogP contribution >= 0.6 is 11.6 Å². The fraction of sp³-hybridized carbons (Fsp3) is 0.533. The predicted molar refractivity (Wildman–Crippen MR) is 85.9 cm³/mol. The van der Waals surface area contributed by atoms with Gasteiger partial charge in [0.2, 0.25) is 0 Å². The van der Waals surface area contributed by atoms with Crippen LogP contribution in [0, 0.1) is 0 Å². The van der Waals surface area contributed by atoms with E-state index in [0.29, 0.717) is 16.6 Å². The minimum absolute atomic E-state index is 0.425. The third kappa shape index (κ3) is 4.78. The number of carbonyl (C=O) groups is 1. The van der Waals surface area contributed by atoms with Crippen LogP contribution in [0.2, 0.25) is 5.02 Å². The van der Waals surface area contributed by atoms with E-state index in [9.17, 15) is 4.79 Å². The van der Waals surface area contributed by atoms with Gasteiger partial charge < -0.3 is 10.2 Å². The summed E-state index contributed by atoms with van der Waals surface area (Å²) in [6.07, 6.45) is 0.861. The highest BCUT2D eigenvalue weighted by atomic mass is 35.5. The molecule has 0 amide bonds. The molecule has 1 N–H and O–H groups in total. The monoisotopic (exact) mass is 297 g/mol. The summed E-state index contributed by atoms with van der Waals surface area (Å²) >= 11 is 5.94. The summed E-state index contributed by atoms with van der Waals surface area (Å²) in [5.41, 5.74) is 1.56. The van der Waals surface area contributed by atoms with Crippen LogP contribution in [0.5, 0.6) is 0 Å². The molecular formula is C15H24ClN3O. The number of nitrogens with one attached hydrogen (secondary N) is 1. The first-order chi connectivity index (χ1) is 9.51. The van der Waals surface area contributed by atoms with E-state index in [2.05, 4.69) is 36.0 Å². The molecule has 0 spiro atoms. The molecule has 0 aromatic heterocycles. The van der Waals surface area contributed by atoms with Crippen molar-refractivity contribution in [1.82, 2.24) is 10.2 Å². The quantitative estimate of drug-likeness (QED) is 0.591. The minimum Gasteiger partial charge on any atom is -0.358 e. The minimum atomic E-state index is 0.425. The number of halogens is 1. The van der Waals surface area contributed by atoms with Crippen molar-refractivity contribution >= 4 is 23.6 Å². The molecule has 0 bridgehead atoms. The summed E-state index contributed by atoms with van der Waals surface area (Å²) in [5, 5.41) is 3.81. The molecule has 20 heavy (non-hydrogen) atoms. The van der Waals surface area contributed by atoms with Gasteiger partial charge in [-0.25, -0.2) is 0 Å². The van der Waals surface area contributed by atoms with E-state index >= 15 is 0 Å². The third-order valence-electron chi connectivity index (χ3n) is 3.33. The maximum absolute atomic E-state index is 11.2. The van der Waals surface area contributed by atoms with Crippen molar-refractivity contribution in [2.24, 2.45) is 0 Å². The van der Waals surface area contributed by atoms with Crippen LogP contribution in [0.4, 0.5) is 5.69 Å². The van der Waals surface area contributed by atoms with Gasteiger partial charge in [-0.15, -0.1) is 0 Å². The second kappa shape index (κ2) is 8.25. The first kappa shape index (κ1) is 17.0. The molecule has 4 nitrogen and oxygen atoms in total. The molecule has 0 heterocycles. The second-order valence-corrected chi connectivity index (χ2v) is 5.48. The largest absolute Gasteiger partial charge is 0.358 e. The zero-order chi connectivity index (χ0) is 15.1. The molecule has 0 aliphatic heterocycles. The Hall–Kier alpha value is -1.10. The van der Waals surface area contributed by atoms with E-state index < -0.39 is 0 Å². The van der Waals surface area contributed by atoms with Crippen LogP contribution in [-0.2, 0) is 0 Å². The van der Waals surface area contributed by atoms with Gasteiger partial charge in [-0.2, -0.15) is 0 Å². The average molecular weight is 298 g/mol. The smallest absolute Gasteiger partial charge is 0.152 e. The highest BCUT2D eigenvalue weighted by molar-refractivity contribution is 6.31.